The fourth-order valence-electron chi connectivity index (χ4n) is 2.63. The van der Waals surface area contributed by atoms with Crippen LogP contribution in [0.4, 0.5) is 0 Å². The molecule has 2 atom stereocenters. The molecule has 1 saturated heterocycles. The van der Waals surface area contributed by atoms with Gasteiger partial charge in [0.15, 0.2) is 0 Å². The number of rotatable bonds is 5. The summed E-state index contributed by atoms with van der Waals surface area (Å²) in [5.41, 5.74) is 0. The molecule has 1 fully saturated rings. The highest BCUT2D eigenvalue weighted by Crippen LogP contribution is 2.22. The van der Waals surface area contributed by atoms with Gasteiger partial charge in [0.25, 0.3) is 0 Å². The molecule has 3 nitrogen and oxygen atoms in total. The normalized spacial score (nSPS) is 24.1. The van der Waals surface area contributed by atoms with E-state index in [1.807, 2.05) is 6.92 Å². The van der Waals surface area contributed by atoms with Gasteiger partial charge in [0.2, 0.25) is 0 Å². The van der Waals surface area contributed by atoms with Gasteiger partial charge in [-0.15, -0.1) is 0 Å². The van der Waals surface area contributed by atoms with Gasteiger partial charge < -0.3 is 9.64 Å². The molecule has 0 aromatic heterocycles. The van der Waals surface area contributed by atoms with E-state index >= 15 is 0 Å². The van der Waals surface area contributed by atoms with Crippen molar-refractivity contribution in [3.63, 3.8) is 0 Å². The number of carbonyl (C=O) groups is 1. The summed E-state index contributed by atoms with van der Waals surface area (Å²) in [7, 11) is 0. The van der Waals surface area contributed by atoms with Crippen molar-refractivity contribution in [3.05, 3.63) is 0 Å². The highest BCUT2D eigenvalue weighted by atomic mass is 16.5. The highest BCUT2D eigenvalue weighted by Gasteiger charge is 2.21. The van der Waals surface area contributed by atoms with Gasteiger partial charge >= 0.3 is 5.97 Å². The minimum atomic E-state index is -0.0590. The molecule has 0 spiro atoms. The lowest BCUT2D eigenvalue weighted by molar-refractivity contribution is -0.144. The van der Waals surface area contributed by atoms with Crippen molar-refractivity contribution in [1.29, 1.82) is 0 Å². The Morgan fingerprint density at radius 2 is 2.12 bits per heavy atom. The van der Waals surface area contributed by atoms with Gasteiger partial charge in [0.1, 0.15) is 0 Å². The van der Waals surface area contributed by atoms with Crippen molar-refractivity contribution < 1.29 is 9.53 Å². The Morgan fingerprint density at radius 3 is 2.76 bits per heavy atom. The van der Waals surface area contributed by atoms with Gasteiger partial charge in [0, 0.05) is 6.04 Å². The van der Waals surface area contributed by atoms with E-state index in [0.29, 0.717) is 19.1 Å². The number of hydrogen-bond donors (Lipinski definition) is 0. The average molecular weight is 241 g/mol. The minimum absolute atomic E-state index is 0.0590. The van der Waals surface area contributed by atoms with Gasteiger partial charge in [-0.05, 0) is 52.1 Å². The van der Waals surface area contributed by atoms with Crippen molar-refractivity contribution in [2.75, 3.05) is 19.7 Å². The first kappa shape index (κ1) is 14.5. The van der Waals surface area contributed by atoms with Crippen LogP contribution in [0.2, 0.25) is 0 Å². The maximum atomic E-state index is 11.5. The molecule has 0 radical (unpaired) electrons. The largest absolute Gasteiger partial charge is 0.466 e. The summed E-state index contributed by atoms with van der Waals surface area (Å²) in [4.78, 5) is 13.9. The van der Waals surface area contributed by atoms with Crippen LogP contribution in [0.5, 0.6) is 0 Å². The van der Waals surface area contributed by atoms with Crippen LogP contribution in [0.3, 0.4) is 0 Å². The van der Waals surface area contributed by atoms with Crippen LogP contribution in [0.15, 0.2) is 0 Å². The molecule has 0 aliphatic carbocycles. The Balaban J connectivity index is 2.35. The Morgan fingerprint density at radius 1 is 1.35 bits per heavy atom. The van der Waals surface area contributed by atoms with E-state index in [2.05, 4.69) is 18.7 Å². The van der Waals surface area contributed by atoms with Gasteiger partial charge in [-0.1, -0.05) is 13.3 Å². The van der Waals surface area contributed by atoms with Crippen LogP contribution in [0.1, 0.15) is 52.9 Å². The third-order valence-electron chi connectivity index (χ3n) is 3.85. The lowest BCUT2D eigenvalue weighted by atomic mass is 9.98. The molecular weight excluding hydrogens is 214 g/mol. The van der Waals surface area contributed by atoms with E-state index in [4.69, 9.17) is 4.74 Å². The number of carbonyl (C=O) groups excluding carboxylic acids is 1. The van der Waals surface area contributed by atoms with Crippen LogP contribution in [-0.2, 0) is 9.53 Å². The van der Waals surface area contributed by atoms with E-state index in [1.54, 1.807) is 0 Å². The van der Waals surface area contributed by atoms with Crippen LogP contribution in [0, 0.1) is 5.92 Å². The zero-order chi connectivity index (χ0) is 12.7. The topological polar surface area (TPSA) is 29.5 Å². The fourth-order valence-corrected chi connectivity index (χ4v) is 2.63. The third kappa shape index (κ3) is 5.07. The molecule has 17 heavy (non-hydrogen) atoms. The second kappa shape index (κ2) is 7.70. The van der Waals surface area contributed by atoms with Crippen LogP contribution in [0.25, 0.3) is 0 Å². The molecule has 1 rings (SSSR count). The van der Waals surface area contributed by atoms with Gasteiger partial charge in [-0.25, -0.2) is 0 Å². The van der Waals surface area contributed by atoms with Crippen molar-refractivity contribution >= 4 is 5.97 Å². The molecule has 0 amide bonds. The highest BCUT2D eigenvalue weighted by molar-refractivity contribution is 5.70. The summed E-state index contributed by atoms with van der Waals surface area (Å²) in [6.45, 7) is 9.05. The molecule has 1 aliphatic heterocycles. The molecule has 0 saturated carbocycles. The van der Waals surface area contributed by atoms with Crippen molar-refractivity contribution in [2.45, 2.75) is 58.9 Å². The van der Waals surface area contributed by atoms with Crippen LogP contribution < -0.4 is 0 Å². The SMILES string of the molecule is CCOC(=O)CC(C)N1CCCC(CC)CC1. The van der Waals surface area contributed by atoms with Crippen LogP contribution >= 0.6 is 0 Å². The summed E-state index contributed by atoms with van der Waals surface area (Å²) in [6, 6.07) is 0.324. The quantitative estimate of drug-likeness (QED) is 0.693. The first-order valence-electron chi connectivity index (χ1n) is 7.07. The van der Waals surface area contributed by atoms with E-state index in [1.165, 1.54) is 25.7 Å². The number of ether oxygens (including phenoxy) is 1. The lowest BCUT2D eigenvalue weighted by Gasteiger charge is -2.27. The summed E-state index contributed by atoms with van der Waals surface area (Å²) in [6.07, 6.45) is 5.72. The third-order valence-corrected chi connectivity index (χ3v) is 3.85. The zero-order valence-corrected chi connectivity index (χ0v) is 11.6. The second-order valence-corrected chi connectivity index (χ2v) is 5.10. The summed E-state index contributed by atoms with van der Waals surface area (Å²) < 4.78 is 5.01. The second-order valence-electron chi connectivity index (χ2n) is 5.10. The standard InChI is InChI=1S/C14H27NO2/c1-4-13-7-6-9-15(10-8-13)12(3)11-14(16)17-5-2/h12-13H,4-11H2,1-3H3. The predicted molar refractivity (Wildman–Crippen MR) is 69.9 cm³/mol. The Kier molecular flexibility index (Phi) is 6.56. The summed E-state index contributed by atoms with van der Waals surface area (Å²) in [5.74, 6) is 0.825. The smallest absolute Gasteiger partial charge is 0.307 e. The molecule has 0 aromatic carbocycles. The number of esters is 1. The van der Waals surface area contributed by atoms with Gasteiger partial charge in [0.05, 0.1) is 13.0 Å². The summed E-state index contributed by atoms with van der Waals surface area (Å²) in [5, 5.41) is 0. The lowest BCUT2D eigenvalue weighted by Crippen LogP contribution is -2.36. The van der Waals surface area contributed by atoms with Gasteiger partial charge in [-0.2, -0.15) is 0 Å². The molecule has 1 aliphatic rings. The van der Waals surface area contributed by atoms with E-state index in [9.17, 15) is 4.79 Å². The zero-order valence-electron chi connectivity index (χ0n) is 11.6. The molecule has 2 unspecified atom stereocenters. The Hall–Kier alpha value is -0.570. The number of nitrogens with zero attached hydrogens (tertiary/aromatic N) is 1. The fraction of sp³-hybridized carbons (Fsp3) is 0.929. The van der Waals surface area contributed by atoms with Gasteiger partial charge in [-0.3, -0.25) is 4.79 Å². The average Bonchev–Trinajstić information content (AvgIpc) is 2.54. The number of hydrogen-bond acceptors (Lipinski definition) is 3. The minimum Gasteiger partial charge on any atom is -0.466 e. The maximum absolute atomic E-state index is 11.5. The van der Waals surface area contributed by atoms with Crippen molar-refractivity contribution in [2.24, 2.45) is 5.92 Å². The van der Waals surface area contributed by atoms with Crippen LogP contribution in [-0.4, -0.2) is 36.6 Å². The number of likely N-dealkylation sites (tertiary alicyclic amines) is 1. The molecule has 100 valence electrons. The summed E-state index contributed by atoms with van der Waals surface area (Å²) >= 11 is 0. The Bertz CT molecular complexity index is 230. The Labute approximate surface area is 106 Å². The van der Waals surface area contributed by atoms with Crippen molar-refractivity contribution in [1.82, 2.24) is 4.90 Å². The first-order valence-corrected chi connectivity index (χ1v) is 7.07. The van der Waals surface area contributed by atoms with Crippen molar-refractivity contribution in [3.8, 4) is 0 Å². The predicted octanol–water partition coefficient (Wildman–Crippen LogP) is 2.84. The first-order chi connectivity index (χ1) is 8.17. The maximum Gasteiger partial charge on any atom is 0.307 e. The molecule has 0 N–H and O–H groups in total. The molecule has 3 heteroatoms. The molecule has 0 bridgehead atoms. The molecule has 1 heterocycles. The monoisotopic (exact) mass is 241 g/mol. The van der Waals surface area contributed by atoms with E-state index in [-0.39, 0.29) is 5.97 Å². The van der Waals surface area contributed by atoms with E-state index < -0.39 is 0 Å². The van der Waals surface area contributed by atoms with E-state index in [0.717, 1.165) is 19.0 Å². The molecular formula is C14H27NO2. The molecule has 0 aromatic rings.